The molecule has 0 aliphatic carbocycles. The van der Waals surface area contributed by atoms with Crippen molar-refractivity contribution in [2.75, 3.05) is 11.1 Å². The number of nitrogens with one attached hydrogen (secondary N) is 1. The Labute approximate surface area is 101 Å². The molecule has 0 amide bonds. The summed E-state index contributed by atoms with van der Waals surface area (Å²) in [6.45, 7) is 4.80. The zero-order valence-electron chi connectivity index (χ0n) is 10.1. The highest BCUT2D eigenvalue weighted by atomic mass is 16.3. The molecule has 0 aliphatic rings. The van der Waals surface area contributed by atoms with Gasteiger partial charge in [0.1, 0.15) is 17.3 Å². The van der Waals surface area contributed by atoms with Gasteiger partial charge in [0.05, 0.1) is 12.2 Å². The third-order valence-corrected chi connectivity index (χ3v) is 2.52. The van der Waals surface area contributed by atoms with Crippen LogP contribution in [-0.4, -0.2) is 4.98 Å². The van der Waals surface area contributed by atoms with Crippen LogP contribution in [-0.2, 0) is 6.54 Å². The van der Waals surface area contributed by atoms with Crippen molar-refractivity contribution in [1.82, 2.24) is 4.98 Å². The van der Waals surface area contributed by atoms with Crippen molar-refractivity contribution in [3.63, 3.8) is 0 Å². The van der Waals surface area contributed by atoms with E-state index in [4.69, 9.17) is 10.2 Å². The molecule has 0 bridgehead atoms. The fraction of sp³-hybridized carbons (Fsp3) is 0.308. The SMILES string of the molecule is CC(C)c1ccc(CNc2ncccc2N)o1. The maximum absolute atomic E-state index is 5.78. The minimum atomic E-state index is 0.406. The molecule has 2 aromatic rings. The van der Waals surface area contributed by atoms with Crippen molar-refractivity contribution in [2.24, 2.45) is 0 Å². The zero-order chi connectivity index (χ0) is 12.3. The number of hydrogen-bond donors (Lipinski definition) is 2. The lowest BCUT2D eigenvalue weighted by Crippen LogP contribution is -2.03. The normalized spacial score (nSPS) is 10.8. The monoisotopic (exact) mass is 231 g/mol. The summed E-state index contributed by atoms with van der Waals surface area (Å²) in [6, 6.07) is 7.60. The zero-order valence-corrected chi connectivity index (χ0v) is 10.1. The van der Waals surface area contributed by atoms with Gasteiger partial charge in [-0.25, -0.2) is 4.98 Å². The van der Waals surface area contributed by atoms with Crippen molar-refractivity contribution < 1.29 is 4.42 Å². The molecule has 0 aliphatic heterocycles. The van der Waals surface area contributed by atoms with Crippen LogP contribution in [0.2, 0.25) is 0 Å². The van der Waals surface area contributed by atoms with E-state index in [1.807, 2.05) is 24.3 Å². The molecule has 4 nitrogen and oxygen atoms in total. The summed E-state index contributed by atoms with van der Waals surface area (Å²) in [5.74, 6) is 2.98. The minimum absolute atomic E-state index is 0.406. The van der Waals surface area contributed by atoms with Crippen LogP contribution in [0, 0.1) is 0 Å². The Balaban J connectivity index is 2.00. The van der Waals surface area contributed by atoms with Crippen molar-refractivity contribution in [3.05, 3.63) is 42.0 Å². The molecule has 3 N–H and O–H groups in total. The number of furan rings is 1. The molecule has 0 aromatic carbocycles. The van der Waals surface area contributed by atoms with Gasteiger partial charge in [-0.1, -0.05) is 13.8 Å². The Morgan fingerprint density at radius 2 is 2.18 bits per heavy atom. The molecule has 0 atom stereocenters. The Morgan fingerprint density at radius 1 is 1.35 bits per heavy atom. The number of aromatic nitrogens is 1. The third kappa shape index (κ3) is 2.78. The van der Waals surface area contributed by atoms with Gasteiger partial charge in [-0.3, -0.25) is 0 Å². The van der Waals surface area contributed by atoms with Crippen LogP contribution in [0.3, 0.4) is 0 Å². The number of nitrogens with zero attached hydrogens (tertiary/aromatic N) is 1. The largest absolute Gasteiger partial charge is 0.464 e. The van der Waals surface area contributed by atoms with E-state index in [0.29, 0.717) is 24.0 Å². The van der Waals surface area contributed by atoms with Gasteiger partial charge in [-0.2, -0.15) is 0 Å². The number of nitrogens with two attached hydrogens (primary N) is 1. The van der Waals surface area contributed by atoms with E-state index in [1.165, 1.54) is 0 Å². The predicted octanol–water partition coefficient (Wildman–Crippen LogP) is 2.99. The first-order valence-electron chi connectivity index (χ1n) is 5.70. The highest BCUT2D eigenvalue weighted by Gasteiger charge is 2.06. The number of rotatable bonds is 4. The highest BCUT2D eigenvalue weighted by Crippen LogP contribution is 2.19. The Bertz CT molecular complexity index is 491. The van der Waals surface area contributed by atoms with Crippen molar-refractivity contribution in [2.45, 2.75) is 26.3 Å². The second-order valence-electron chi connectivity index (χ2n) is 4.25. The van der Waals surface area contributed by atoms with E-state index >= 15 is 0 Å². The first kappa shape index (κ1) is 11.5. The van der Waals surface area contributed by atoms with Crippen molar-refractivity contribution in [1.29, 1.82) is 0 Å². The first-order valence-corrected chi connectivity index (χ1v) is 5.70. The molecule has 17 heavy (non-hydrogen) atoms. The predicted molar refractivity (Wildman–Crippen MR) is 68.8 cm³/mol. The maximum Gasteiger partial charge on any atom is 0.149 e. The minimum Gasteiger partial charge on any atom is -0.464 e. The summed E-state index contributed by atoms with van der Waals surface area (Å²) in [4.78, 5) is 4.16. The molecule has 0 spiro atoms. The molecule has 0 unspecified atom stereocenters. The van der Waals surface area contributed by atoms with Gasteiger partial charge in [-0.05, 0) is 24.3 Å². The van der Waals surface area contributed by atoms with Crippen LogP contribution >= 0.6 is 0 Å². The molecule has 0 saturated heterocycles. The number of nitrogen functional groups attached to an aromatic ring is 1. The average Bonchev–Trinajstić information content (AvgIpc) is 2.77. The summed E-state index contributed by atoms with van der Waals surface area (Å²) in [5, 5.41) is 3.15. The van der Waals surface area contributed by atoms with Gasteiger partial charge in [-0.15, -0.1) is 0 Å². The fourth-order valence-corrected chi connectivity index (χ4v) is 1.54. The smallest absolute Gasteiger partial charge is 0.149 e. The van der Waals surface area contributed by atoms with Gasteiger partial charge < -0.3 is 15.5 Å². The van der Waals surface area contributed by atoms with Gasteiger partial charge in [0, 0.05) is 12.1 Å². The van der Waals surface area contributed by atoms with Crippen LogP contribution in [0.5, 0.6) is 0 Å². The molecule has 2 rings (SSSR count). The Kier molecular flexibility index (Phi) is 3.32. The van der Waals surface area contributed by atoms with Crippen molar-refractivity contribution >= 4 is 11.5 Å². The van der Waals surface area contributed by atoms with Gasteiger partial charge in [0.25, 0.3) is 0 Å². The molecule has 0 radical (unpaired) electrons. The van der Waals surface area contributed by atoms with Gasteiger partial charge in [0.2, 0.25) is 0 Å². The second kappa shape index (κ2) is 4.91. The van der Waals surface area contributed by atoms with E-state index in [0.717, 1.165) is 11.5 Å². The van der Waals surface area contributed by atoms with Crippen LogP contribution in [0.1, 0.15) is 31.3 Å². The van der Waals surface area contributed by atoms with Crippen LogP contribution in [0.25, 0.3) is 0 Å². The van der Waals surface area contributed by atoms with Crippen LogP contribution in [0.15, 0.2) is 34.9 Å². The van der Waals surface area contributed by atoms with Crippen LogP contribution < -0.4 is 11.1 Å². The number of anilines is 2. The highest BCUT2D eigenvalue weighted by molar-refractivity contribution is 5.60. The first-order chi connectivity index (χ1) is 8.16. The topological polar surface area (TPSA) is 64.1 Å². The molecular weight excluding hydrogens is 214 g/mol. The van der Waals surface area contributed by atoms with E-state index in [-0.39, 0.29) is 0 Å². The van der Waals surface area contributed by atoms with E-state index in [2.05, 4.69) is 24.1 Å². The van der Waals surface area contributed by atoms with Gasteiger partial charge in [0.15, 0.2) is 0 Å². The molecule has 2 heterocycles. The number of pyridine rings is 1. The van der Waals surface area contributed by atoms with Gasteiger partial charge >= 0.3 is 0 Å². The number of hydrogen-bond acceptors (Lipinski definition) is 4. The molecule has 2 aromatic heterocycles. The molecule has 4 heteroatoms. The lowest BCUT2D eigenvalue weighted by Gasteiger charge is -2.06. The lowest BCUT2D eigenvalue weighted by atomic mass is 10.2. The Morgan fingerprint density at radius 3 is 2.82 bits per heavy atom. The van der Waals surface area contributed by atoms with E-state index in [9.17, 15) is 0 Å². The van der Waals surface area contributed by atoms with E-state index < -0.39 is 0 Å². The average molecular weight is 231 g/mol. The standard InChI is InChI=1S/C13H17N3O/c1-9(2)12-6-5-10(17-12)8-16-13-11(14)4-3-7-15-13/h3-7,9H,8,14H2,1-2H3,(H,15,16). The molecular formula is C13H17N3O. The summed E-state index contributed by atoms with van der Waals surface area (Å²) < 4.78 is 5.68. The summed E-state index contributed by atoms with van der Waals surface area (Å²) in [7, 11) is 0. The third-order valence-electron chi connectivity index (χ3n) is 2.52. The fourth-order valence-electron chi connectivity index (χ4n) is 1.54. The van der Waals surface area contributed by atoms with E-state index in [1.54, 1.807) is 6.20 Å². The molecule has 90 valence electrons. The van der Waals surface area contributed by atoms with Crippen molar-refractivity contribution in [3.8, 4) is 0 Å². The lowest BCUT2D eigenvalue weighted by molar-refractivity contribution is 0.452. The maximum atomic E-state index is 5.78. The van der Waals surface area contributed by atoms with Crippen LogP contribution in [0.4, 0.5) is 11.5 Å². The molecule has 0 saturated carbocycles. The summed E-state index contributed by atoms with van der Waals surface area (Å²) in [6.07, 6.45) is 1.71. The summed E-state index contributed by atoms with van der Waals surface area (Å²) in [5.41, 5.74) is 6.42. The quantitative estimate of drug-likeness (QED) is 0.849. The molecule has 0 fully saturated rings. The second-order valence-corrected chi connectivity index (χ2v) is 4.25. The Hall–Kier alpha value is -1.97. The summed E-state index contributed by atoms with van der Waals surface area (Å²) >= 11 is 0.